The van der Waals surface area contributed by atoms with Crippen molar-refractivity contribution in [2.75, 3.05) is 0 Å². The van der Waals surface area contributed by atoms with E-state index >= 15 is 0 Å². The summed E-state index contributed by atoms with van der Waals surface area (Å²) in [7, 11) is 0. The number of hydrogen-bond donors (Lipinski definition) is 1. The third-order valence-electron chi connectivity index (χ3n) is 2.98. The monoisotopic (exact) mass is 275 g/mol. The van der Waals surface area contributed by atoms with E-state index in [1.165, 1.54) is 12.8 Å². The Morgan fingerprint density at radius 1 is 1.25 bits per heavy atom. The van der Waals surface area contributed by atoms with Gasteiger partial charge in [0.1, 0.15) is 11.9 Å². The summed E-state index contributed by atoms with van der Waals surface area (Å²) >= 11 is 0. The van der Waals surface area contributed by atoms with Gasteiger partial charge in [-0.05, 0) is 18.9 Å². The standard InChI is InChI=1S/C16H19O4/c1-12(20-11-17)7-6-10-15(18)13(2)16(19)14-8-4-3-5-9-14/h3-13,16,19H,1-2H3/t12-,13-,16-/m1/s1. The first-order chi connectivity index (χ1) is 9.56. The molecule has 0 unspecified atom stereocenters. The largest absolute Gasteiger partial charge is 0.465 e. The normalized spacial score (nSPS) is 15.2. The van der Waals surface area contributed by atoms with Gasteiger partial charge in [-0.15, -0.1) is 0 Å². The molecule has 4 heteroatoms. The van der Waals surface area contributed by atoms with E-state index in [0.717, 1.165) is 0 Å². The first-order valence-electron chi connectivity index (χ1n) is 6.43. The number of carbonyl (C=O) groups is 2. The Kier molecular flexibility index (Phi) is 6.94. The van der Waals surface area contributed by atoms with Gasteiger partial charge in [0.05, 0.1) is 6.10 Å². The zero-order chi connectivity index (χ0) is 15.0. The molecule has 3 radical (unpaired) electrons. The van der Waals surface area contributed by atoms with E-state index in [0.29, 0.717) is 12.0 Å². The fourth-order valence-corrected chi connectivity index (χ4v) is 1.69. The third kappa shape index (κ3) is 5.13. The summed E-state index contributed by atoms with van der Waals surface area (Å²) in [6, 6.07) is 9.05. The smallest absolute Gasteiger partial charge is 0.293 e. The lowest BCUT2D eigenvalue weighted by Gasteiger charge is -2.18. The Hall–Kier alpha value is -1.68. The molecule has 1 rings (SSSR count). The molecule has 0 aromatic heterocycles. The van der Waals surface area contributed by atoms with E-state index in [1.807, 2.05) is 18.2 Å². The molecule has 0 aliphatic carbocycles. The molecule has 0 saturated carbocycles. The molecule has 3 atom stereocenters. The van der Waals surface area contributed by atoms with Crippen LogP contribution in [0.5, 0.6) is 0 Å². The summed E-state index contributed by atoms with van der Waals surface area (Å²) in [5.74, 6) is -0.722. The van der Waals surface area contributed by atoms with E-state index in [-0.39, 0.29) is 11.9 Å². The van der Waals surface area contributed by atoms with Crippen LogP contribution >= 0.6 is 0 Å². The van der Waals surface area contributed by atoms with Crippen LogP contribution in [0.4, 0.5) is 0 Å². The predicted octanol–water partition coefficient (Wildman–Crippen LogP) is 2.10. The van der Waals surface area contributed by atoms with Crippen LogP contribution in [-0.4, -0.2) is 23.5 Å². The van der Waals surface area contributed by atoms with Crippen LogP contribution in [-0.2, 0) is 14.3 Å². The molecule has 0 fully saturated rings. The zero-order valence-electron chi connectivity index (χ0n) is 11.6. The van der Waals surface area contributed by atoms with Crippen molar-refractivity contribution in [2.45, 2.75) is 26.1 Å². The highest BCUT2D eigenvalue weighted by atomic mass is 16.5. The molecule has 20 heavy (non-hydrogen) atoms. The molecule has 0 amide bonds. The lowest BCUT2D eigenvalue weighted by atomic mass is 9.91. The minimum absolute atomic E-state index is 0.184. The zero-order valence-corrected chi connectivity index (χ0v) is 11.6. The van der Waals surface area contributed by atoms with Crippen molar-refractivity contribution in [1.29, 1.82) is 0 Å². The van der Waals surface area contributed by atoms with Crippen LogP contribution in [0, 0.1) is 25.2 Å². The number of benzene rings is 1. The van der Waals surface area contributed by atoms with Gasteiger partial charge in [-0.3, -0.25) is 9.59 Å². The molecule has 0 aliphatic rings. The van der Waals surface area contributed by atoms with Crippen LogP contribution in [0.2, 0.25) is 0 Å². The maximum atomic E-state index is 11.9. The molecular formula is C16H19O4. The van der Waals surface area contributed by atoms with Crippen molar-refractivity contribution in [3.63, 3.8) is 0 Å². The lowest BCUT2D eigenvalue weighted by molar-refractivity contribution is -0.131. The molecule has 1 aromatic carbocycles. The molecule has 1 N–H and O–H groups in total. The van der Waals surface area contributed by atoms with E-state index in [2.05, 4.69) is 4.74 Å². The van der Waals surface area contributed by atoms with Crippen LogP contribution in [0.3, 0.4) is 0 Å². The van der Waals surface area contributed by atoms with Gasteiger partial charge < -0.3 is 9.84 Å². The number of aliphatic hydroxyl groups excluding tert-OH is 1. The number of Topliss-reactive ketones (excluding diaryl/α,β-unsaturated/α-hetero) is 1. The second-order valence-electron chi connectivity index (χ2n) is 4.54. The number of ketones is 1. The molecule has 0 bridgehead atoms. The molecule has 0 saturated heterocycles. The van der Waals surface area contributed by atoms with E-state index in [1.54, 1.807) is 32.4 Å². The maximum Gasteiger partial charge on any atom is 0.293 e. The highest BCUT2D eigenvalue weighted by Gasteiger charge is 2.23. The summed E-state index contributed by atoms with van der Waals surface area (Å²) in [4.78, 5) is 22.0. The van der Waals surface area contributed by atoms with Crippen molar-refractivity contribution in [3.8, 4) is 0 Å². The second kappa shape index (κ2) is 8.48. The van der Waals surface area contributed by atoms with Gasteiger partial charge in [0.15, 0.2) is 0 Å². The van der Waals surface area contributed by atoms with Crippen molar-refractivity contribution < 1.29 is 19.4 Å². The van der Waals surface area contributed by atoms with Crippen LogP contribution in [0.1, 0.15) is 25.5 Å². The van der Waals surface area contributed by atoms with E-state index in [4.69, 9.17) is 0 Å². The summed E-state index contributed by atoms with van der Waals surface area (Å²) in [5.41, 5.74) is 0.711. The quantitative estimate of drug-likeness (QED) is 0.701. The average molecular weight is 275 g/mol. The first kappa shape index (κ1) is 16.4. The number of rotatable bonds is 9. The Balaban J connectivity index is 2.41. The van der Waals surface area contributed by atoms with Crippen LogP contribution in [0.15, 0.2) is 30.3 Å². The SMILES string of the molecule is C[C@H]([CH][CH][CH]C(=O)[C@@H](C)[C@@H](O)c1ccccc1)OC=O. The van der Waals surface area contributed by atoms with Gasteiger partial charge >= 0.3 is 0 Å². The number of carbonyl (C=O) groups excluding carboxylic acids is 2. The van der Waals surface area contributed by atoms with Crippen molar-refractivity contribution in [3.05, 3.63) is 55.2 Å². The third-order valence-corrected chi connectivity index (χ3v) is 2.98. The summed E-state index contributed by atoms with van der Waals surface area (Å²) < 4.78 is 4.65. The fraction of sp³-hybridized carbons (Fsp3) is 0.312. The van der Waals surface area contributed by atoms with Gasteiger partial charge in [-0.1, -0.05) is 37.3 Å². The molecule has 4 nitrogen and oxygen atoms in total. The number of ether oxygens (including phenoxy) is 1. The fourth-order valence-electron chi connectivity index (χ4n) is 1.69. The Morgan fingerprint density at radius 2 is 1.90 bits per heavy atom. The van der Waals surface area contributed by atoms with Gasteiger partial charge in [-0.2, -0.15) is 0 Å². The maximum absolute atomic E-state index is 11.9. The molecule has 0 spiro atoms. The van der Waals surface area contributed by atoms with Crippen LogP contribution in [0.25, 0.3) is 0 Å². The molecule has 107 valence electrons. The topological polar surface area (TPSA) is 63.6 Å². The highest BCUT2D eigenvalue weighted by molar-refractivity contribution is 5.91. The van der Waals surface area contributed by atoms with Gasteiger partial charge in [0.25, 0.3) is 6.47 Å². The predicted molar refractivity (Wildman–Crippen MR) is 75.1 cm³/mol. The second-order valence-corrected chi connectivity index (χ2v) is 4.54. The Labute approximate surface area is 119 Å². The Morgan fingerprint density at radius 3 is 2.50 bits per heavy atom. The first-order valence-corrected chi connectivity index (χ1v) is 6.43. The van der Waals surface area contributed by atoms with Gasteiger partial charge in [-0.25, -0.2) is 0 Å². The van der Waals surface area contributed by atoms with E-state index < -0.39 is 12.0 Å². The number of aliphatic hydroxyl groups is 1. The molecule has 1 aromatic rings. The van der Waals surface area contributed by atoms with Crippen molar-refractivity contribution >= 4 is 12.3 Å². The van der Waals surface area contributed by atoms with E-state index in [9.17, 15) is 14.7 Å². The van der Waals surface area contributed by atoms with Crippen LogP contribution < -0.4 is 0 Å². The average Bonchev–Trinajstić information content (AvgIpc) is 2.46. The minimum atomic E-state index is -0.836. The lowest BCUT2D eigenvalue weighted by Crippen LogP contribution is -2.20. The summed E-state index contributed by atoms with van der Waals surface area (Å²) in [6.07, 6.45) is 3.28. The summed E-state index contributed by atoms with van der Waals surface area (Å²) in [6.45, 7) is 3.72. The Bertz CT molecular complexity index is 416. The minimum Gasteiger partial charge on any atom is -0.465 e. The molecule has 0 aliphatic heterocycles. The van der Waals surface area contributed by atoms with Gasteiger partial charge in [0, 0.05) is 18.8 Å². The van der Waals surface area contributed by atoms with Crippen molar-refractivity contribution in [2.24, 2.45) is 5.92 Å². The molecular weight excluding hydrogens is 256 g/mol. The van der Waals surface area contributed by atoms with Gasteiger partial charge in [0.2, 0.25) is 0 Å². The number of hydrogen-bond acceptors (Lipinski definition) is 4. The molecule has 0 heterocycles. The highest BCUT2D eigenvalue weighted by Crippen LogP contribution is 2.23. The summed E-state index contributed by atoms with van der Waals surface area (Å²) in [5, 5.41) is 10.1. The van der Waals surface area contributed by atoms with Crippen molar-refractivity contribution in [1.82, 2.24) is 0 Å².